The van der Waals surface area contributed by atoms with E-state index in [9.17, 15) is 14.4 Å². The summed E-state index contributed by atoms with van der Waals surface area (Å²) >= 11 is 0. The number of amides is 3. The van der Waals surface area contributed by atoms with Gasteiger partial charge in [-0.3, -0.25) is 19.7 Å². The normalized spacial score (nSPS) is 31.9. The lowest BCUT2D eigenvalue weighted by molar-refractivity contribution is -0.136. The third-order valence-corrected chi connectivity index (χ3v) is 6.69. The molecule has 3 heterocycles. The van der Waals surface area contributed by atoms with Gasteiger partial charge in [-0.1, -0.05) is 12.1 Å². The highest BCUT2D eigenvalue weighted by atomic mass is 16.2. The van der Waals surface area contributed by atoms with Crippen LogP contribution in [0.4, 0.5) is 0 Å². The minimum Gasteiger partial charge on any atom is -0.322 e. The molecule has 1 saturated carbocycles. The third-order valence-electron chi connectivity index (χ3n) is 6.69. The first-order valence-electron chi connectivity index (χ1n) is 10.3. The number of fused-ring (bicyclic) bond motifs is 3. The first-order valence-corrected chi connectivity index (χ1v) is 10.3. The summed E-state index contributed by atoms with van der Waals surface area (Å²) in [5, 5.41) is 9.60. The molecule has 1 aromatic rings. The molecular weight excluding hydrogens is 356 g/mol. The van der Waals surface area contributed by atoms with E-state index in [1.54, 1.807) is 4.90 Å². The number of hydrogen-bond acceptors (Lipinski definition) is 5. The molecule has 1 aliphatic carbocycles. The van der Waals surface area contributed by atoms with Gasteiger partial charge in [-0.2, -0.15) is 0 Å². The van der Waals surface area contributed by atoms with Crippen molar-refractivity contribution < 1.29 is 14.4 Å². The molecule has 3 amide bonds. The lowest BCUT2D eigenvalue weighted by Crippen LogP contribution is -2.52. The highest BCUT2D eigenvalue weighted by Gasteiger charge is 2.39. The van der Waals surface area contributed by atoms with Crippen LogP contribution < -0.4 is 16.0 Å². The van der Waals surface area contributed by atoms with Gasteiger partial charge in [0.2, 0.25) is 11.8 Å². The Morgan fingerprint density at radius 2 is 2.04 bits per heavy atom. The third kappa shape index (κ3) is 3.22. The zero-order valence-corrected chi connectivity index (χ0v) is 15.9. The van der Waals surface area contributed by atoms with E-state index in [2.05, 4.69) is 22.0 Å². The Morgan fingerprint density at radius 1 is 1.14 bits per heavy atom. The lowest BCUT2D eigenvalue weighted by atomic mass is 9.86. The molecule has 28 heavy (non-hydrogen) atoms. The topological polar surface area (TPSA) is 90.5 Å². The number of nitrogens with one attached hydrogen (secondary N) is 3. The van der Waals surface area contributed by atoms with Gasteiger partial charge < -0.3 is 15.5 Å². The van der Waals surface area contributed by atoms with E-state index >= 15 is 0 Å². The zero-order chi connectivity index (χ0) is 19.3. The van der Waals surface area contributed by atoms with Crippen LogP contribution in [0.5, 0.6) is 0 Å². The SMILES string of the molecule is O=C1CCC(N2Cc3ccc(CNC4CC5CNC(C5)C4)cc3C2=O)C(=O)N1. The highest BCUT2D eigenvalue weighted by molar-refractivity contribution is 6.05. The van der Waals surface area contributed by atoms with Crippen molar-refractivity contribution in [1.82, 2.24) is 20.9 Å². The zero-order valence-electron chi connectivity index (χ0n) is 15.9. The molecule has 148 valence electrons. The average Bonchev–Trinajstić information content (AvgIpc) is 3.19. The average molecular weight is 382 g/mol. The van der Waals surface area contributed by atoms with Crippen LogP contribution in [-0.2, 0) is 22.7 Å². The van der Waals surface area contributed by atoms with E-state index < -0.39 is 6.04 Å². The Bertz CT molecular complexity index is 827. The molecule has 2 saturated heterocycles. The van der Waals surface area contributed by atoms with E-state index in [0.29, 0.717) is 30.6 Å². The highest BCUT2D eigenvalue weighted by Crippen LogP contribution is 2.30. The maximum atomic E-state index is 12.9. The molecule has 5 rings (SSSR count). The number of nitrogens with zero attached hydrogens (tertiary/aromatic N) is 1. The van der Waals surface area contributed by atoms with Crippen molar-refractivity contribution >= 4 is 17.7 Å². The van der Waals surface area contributed by atoms with Gasteiger partial charge in [0.15, 0.2) is 0 Å². The number of benzene rings is 1. The quantitative estimate of drug-likeness (QED) is 0.666. The fraction of sp³-hybridized carbons (Fsp3) is 0.571. The van der Waals surface area contributed by atoms with Gasteiger partial charge in [0.05, 0.1) is 0 Å². The van der Waals surface area contributed by atoms with Crippen LogP contribution >= 0.6 is 0 Å². The van der Waals surface area contributed by atoms with Gasteiger partial charge in [0.1, 0.15) is 6.04 Å². The van der Waals surface area contributed by atoms with Crippen molar-refractivity contribution in [2.45, 2.75) is 63.3 Å². The Labute approximate surface area is 164 Å². The van der Waals surface area contributed by atoms with E-state index in [0.717, 1.165) is 30.1 Å². The van der Waals surface area contributed by atoms with Gasteiger partial charge in [0.25, 0.3) is 5.91 Å². The molecule has 0 spiro atoms. The van der Waals surface area contributed by atoms with Crippen molar-refractivity contribution in [1.29, 1.82) is 0 Å². The molecule has 0 radical (unpaired) electrons. The van der Waals surface area contributed by atoms with Crippen LogP contribution in [0.25, 0.3) is 0 Å². The lowest BCUT2D eigenvalue weighted by Gasteiger charge is -2.29. The molecule has 7 nitrogen and oxygen atoms in total. The maximum Gasteiger partial charge on any atom is 0.255 e. The van der Waals surface area contributed by atoms with Gasteiger partial charge in [-0.05, 0) is 55.3 Å². The maximum absolute atomic E-state index is 12.9. The van der Waals surface area contributed by atoms with Gasteiger partial charge in [-0.25, -0.2) is 0 Å². The summed E-state index contributed by atoms with van der Waals surface area (Å²) < 4.78 is 0. The second-order valence-corrected chi connectivity index (χ2v) is 8.65. The molecule has 3 fully saturated rings. The minimum absolute atomic E-state index is 0.105. The summed E-state index contributed by atoms with van der Waals surface area (Å²) in [6.07, 6.45) is 4.38. The van der Waals surface area contributed by atoms with Crippen molar-refractivity contribution in [3.63, 3.8) is 0 Å². The summed E-state index contributed by atoms with van der Waals surface area (Å²) in [7, 11) is 0. The predicted molar refractivity (Wildman–Crippen MR) is 102 cm³/mol. The largest absolute Gasteiger partial charge is 0.322 e. The summed E-state index contributed by atoms with van der Waals surface area (Å²) in [5.41, 5.74) is 2.75. The van der Waals surface area contributed by atoms with Crippen LogP contribution in [0.2, 0.25) is 0 Å². The van der Waals surface area contributed by atoms with Crippen molar-refractivity contribution in [3.05, 3.63) is 34.9 Å². The number of carbonyl (C=O) groups excluding carboxylic acids is 3. The van der Waals surface area contributed by atoms with Crippen LogP contribution in [0, 0.1) is 5.92 Å². The Kier molecular flexibility index (Phi) is 4.44. The Hall–Kier alpha value is -2.25. The number of piperidine rings is 1. The fourth-order valence-electron chi connectivity index (χ4n) is 5.24. The fourth-order valence-corrected chi connectivity index (χ4v) is 5.24. The molecule has 0 aromatic heterocycles. The van der Waals surface area contributed by atoms with Crippen LogP contribution in [-0.4, -0.2) is 47.3 Å². The van der Waals surface area contributed by atoms with Gasteiger partial charge >= 0.3 is 0 Å². The molecule has 4 atom stereocenters. The second-order valence-electron chi connectivity index (χ2n) is 8.65. The number of carbonyl (C=O) groups is 3. The van der Waals surface area contributed by atoms with Crippen LogP contribution in [0.15, 0.2) is 18.2 Å². The second kappa shape index (κ2) is 6.97. The smallest absolute Gasteiger partial charge is 0.255 e. The summed E-state index contributed by atoms with van der Waals surface area (Å²) in [5.74, 6) is 0.0659. The molecule has 4 unspecified atom stereocenters. The molecule has 1 aromatic carbocycles. The summed E-state index contributed by atoms with van der Waals surface area (Å²) in [4.78, 5) is 38.0. The van der Waals surface area contributed by atoms with E-state index in [-0.39, 0.29) is 24.1 Å². The Morgan fingerprint density at radius 3 is 2.86 bits per heavy atom. The van der Waals surface area contributed by atoms with E-state index in [1.165, 1.54) is 19.3 Å². The molecular formula is C21H26N4O3. The molecule has 2 bridgehead atoms. The van der Waals surface area contributed by atoms with E-state index in [1.807, 2.05) is 12.1 Å². The van der Waals surface area contributed by atoms with Crippen LogP contribution in [0.3, 0.4) is 0 Å². The molecule has 7 heteroatoms. The van der Waals surface area contributed by atoms with Crippen molar-refractivity contribution in [2.24, 2.45) is 5.92 Å². The first kappa shape index (κ1) is 17.8. The molecule has 4 aliphatic rings. The summed E-state index contributed by atoms with van der Waals surface area (Å²) in [6.45, 7) is 2.33. The van der Waals surface area contributed by atoms with E-state index in [4.69, 9.17) is 0 Å². The Balaban J connectivity index is 1.24. The van der Waals surface area contributed by atoms with Crippen molar-refractivity contribution in [2.75, 3.05) is 6.54 Å². The number of imide groups is 1. The minimum atomic E-state index is -0.551. The first-order chi connectivity index (χ1) is 13.6. The van der Waals surface area contributed by atoms with Gasteiger partial charge in [-0.15, -0.1) is 0 Å². The number of hydrogen-bond donors (Lipinski definition) is 3. The van der Waals surface area contributed by atoms with Gasteiger partial charge in [0, 0.05) is 37.2 Å². The molecule has 3 aliphatic heterocycles. The van der Waals surface area contributed by atoms with Crippen molar-refractivity contribution in [3.8, 4) is 0 Å². The predicted octanol–water partition coefficient (Wildman–Crippen LogP) is 0.678. The number of rotatable bonds is 4. The standard InChI is InChI=1S/C21H26N4O3/c26-19-4-3-18(20(27)24-19)25-11-14-2-1-12(7-17(14)21(25)28)9-22-15-5-13-6-16(8-15)23-10-13/h1-2,7,13,15-16,18,22-23H,3-6,8-11H2,(H,24,26,27). The molecule has 3 N–H and O–H groups in total. The monoisotopic (exact) mass is 382 g/mol. The summed E-state index contributed by atoms with van der Waals surface area (Å²) in [6, 6.07) is 6.67. The van der Waals surface area contributed by atoms with Crippen LogP contribution in [0.1, 0.15) is 53.6 Å².